The highest BCUT2D eigenvalue weighted by Gasteiger charge is 2.31. The molecular weight excluding hydrogens is 544 g/mol. The van der Waals surface area contributed by atoms with Crippen molar-refractivity contribution in [3.05, 3.63) is 52.4 Å². The number of hydrogen-bond acceptors (Lipinski definition) is 9. The van der Waals surface area contributed by atoms with Crippen LogP contribution in [0.25, 0.3) is 11.0 Å². The number of amidine groups is 1. The molecule has 2 aliphatic rings. The van der Waals surface area contributed by atoms with Crippen LogP contribution in [0.3, 0.4) is 0 Å². The quantitative estimate of drug-likeness (QED) is 0.231. The van der Waals surface area contributed by atoms with E-state index >= 15 is 0 Å². The molecule has 0 radical (unpaired) electrons. The summed E-state index contributed by atoms with van der Waals surface area (Å²) >= 11 is 0. The molecule has 1 aromatic carbocycles. The summed E-state index contributed by atoms with van der Waals surface area (Å²) in [4.78, 5) is 17.8. The van der Waals surface area contributed by atoms with Crippen molar-refractivity contribution in [3.63, 3.8) is 0 Å². The number of hydrogen-bond donors (Lipinski definition) is 6. The van der Waals surface area contributed by atoms with Crippen LogP contribution in [-0.4, -0.2) is 44.1 Å². The van der Waals surface area contributed by atoms with Crippen LogP contribution < -0.4 is 20.3 Å². The lowest BCUT2D eigenvalue weighted by molar-refractivity contribution is 0.473. The van der Waals surface area contributed by atoms with Gasteiger partial charge in [0.2, 0.25) is 0 Å². The zero-order chi connectivity index (χ0) is 27.9. The van der Waals surface area contributed by atoms with Crippen molar-refractivity contribution in [1.82, 2.24) is 14.3 Å². The monoisotopic (exact) mass is 576 g/mol. The fourth-order valence-electron chi connectivity index (χ4n) is 4.87. The van der Waals surface area contributed by atoms with E-state index in [1.54, 1.807) is 12.1 Å². The van der Waals surface area contributed by atoms with Gasteiger partial charge in [0.05, 0.1) is 16.8 Å². The van der Waals surface area contributed by atoms with Crippen molar-refractivity contribution in [2.45, 2.75) is 63.4 Å². The van der Waals surface area contributed by atoms with E-state index in [-0.39, 0.29) is 39.5 Å². The summed E-state index contributed by atoms with van der Waals surface area (Å²) in [7, 11) is -7.75. The van der Waals surface area contributed by atoms with Crippen LogP contribution in [-0.2, 0) is 16.8 Å². The average Bonchev–Trinajstić information content (AvgIpc) is 3.36. The van der Waals surface area contributed by atoms with Gasteiger partial charge in [-0.15, -0.1) is 4.40 Å². The second-order valence-corrected chi connectivity index (χ2v) is 13.3. The molecule has 12 nitrogen and oxygen atoms in total. The van der Waals surface area contributed by atoms with Gasteiger partial charge in [-0.2, -0.15) is 13.1 Å². The van der Waals surface area contributed by atoms with Crippen molar-refractivity contribution >= 4 is 49.2 Å². The molecule has 0 atom stereocenters. The third kappa shape index (κ3) is 5.61. The Kier molecular flexibility index (Phi) is 7.33. The number of nitrogens with zero attached hydrogens (tertiary/aromatic N) is 3. The third-order valence-electron chi connectivity index (χ3n) is 6.84. The van der Waals surface area contributed by atoms with E-state index < -0.39 is 26.5 Å². The molecule has 2 aromatic heterocycles. The molecule has 210 valence electrons. The Morgan fingerprint density at radius 3 is 2.67 bits per heavy atom. The van der Waals surface area contributed by atoms with Crippen LogP contribution in [0.4, 0.5) is 11.4 Å². The van der Waals surface area contributed by atoms with Crippen LogP contribution in [0.2, 0.25) is 0 Å². The van der Waals surface area contributed by atoms with E-state index in [1.807, 2.05) is 13.8 Å². The van der Waals surface area contributed by atoms with Crippen LogP contribution in [0.15, 0.2) is 50.6 Å². The lowest BCUT2D eigenvalue weighted by Crippen LogP contribution is -2.37. The minimum atomic E-state index is -3.88. The van der Waals surface area contributed by atoms with Crippen molar-refractivity contribution in [2.24, 2.45) is 10.3 Å². The van der Waals surface area contributed by atoms with Gasteiger partial charge in [0.15, 0.2) is 5.84 Å². The van der Waals surface area contributed by atoms with Gasteiger partial charge in [-0.05, 0) is 55.5 Å². The standard InChI is InChI=1S/C25H32N6O6S2/c1-15(2)11-13-31-24-18(8-5-12-26-24)22(32)21(25(31)33)23-27-19-10-9-17(14-20(19)38(34,35)30-23)29-39(36,37)28-16-6-3-4-7-16/h5,8-10,12,14-16,28-29,32,34-35H,3-4,6-7,11,13H2,1-2H3,(H,27,30). The number of fused-ring (bicyclic) bond motifs is 2. The Balaban J connectivity index is 1.51. The van der Waals surface area contributed by atoms with Gasteiger partial charge >= 0.3 is 0 Å². The maximum Gasteiger partial charge on any atom is 0.299 e. The highest BCUT2D eigenvalue weighted by Crippen LogP contribution is 2.56. The maximum absolute atomic E-state index is 13.6. The summed E-state index contributed by atoms with van der Waals surface area (Å²) in [5.41, 5.74) is -0.140. The van der Waals surface area contributed by atoms with Crippen molar-refractivity contribution in [3.8, 4) is 5.75 Å². The van der Waals surface area contributed by atoms with Gasteiger partial charge in [0.25, 0.3) is 15.8 Å². The van der Waals surface area contributed by atoms with Crippen LogP contribution >= 0.6 is 10.8 Å². The highest BCUT2D eigenvalue weighted by atomic mass is 32.3. The van der Waals surface area contributed by atoms with Gasteiger partial charge in [-0.3, -0.25) is 23.2 Å². The van der Waals surface area contributed by atoms with Crippen LogP contribution in [0.5, 0.6) is 5.75 Å². The Hall–Kier alpha value is -3.17. The number of aromatic nitrogens is 2. The molecule has 3 heterocycles. The van der Waals surface area contributed by atoms with Gasteiger partial charge in [-0.25, -0.2) is 4.98 Å². The van der Waals surface area contributed by atoms with Crippen LogP contribution in [0.1, 0.15) is 51.5 Å². The van der Waals surface area contributed by atoms with Crippen molar-refractivity contribution in [1.29, 1.82) is 0 Å². The lowest BCUT2D eigenvalue weighted by atomic mass is 10.1. The Labute approximate surface area is 227 Å². The van der Waals surface area contributed by atoms with Crippen LogP contribution in [0, 0.1) is 5.92 Å². The number of pyridine rings is 2. The first-order valence-corrected chi connectivity index (χ1v) is 15.7. The Morgan fingerprint density at radius 1 is 1.21 bits per heavy atom. The molecule has 5 rings (SSSR count). The molecule has 6 N–H and O–H groups in total. The minimum absolute atomic E-state index is 0.0469. The predicted octanol–water partition coefficient (Wildman–Crippen LogP) is 4.23. The summed E-state index contributed by atoms with van der Waals surface area (Å²) < 4.78 is 57.6. The first-order valence-electron chi connectivity index (χ1n) is 12.8. The molecule has 1 aliphatic carbocycles. The Bertz CT molecular complexity index is 1610. The molecule has 3 aromatic rings. The normalized spacial score (nSPS) is 18.0. The molecule has 1 aliphatic heterocycles. The van der Waals surface area contributed by atoms with E-state index in [0.29, 0.717) is 29.9 Å². The topological polar surface area (TPSA) is 178 Å². The summed E-state index contributed by atoms with van der Waals surface area (Å²) in [5, 5.41) is 14.3. The summed E-state index contributed by atoms with van der Waals surface area (Å²) in [6.07, 6.45) is 5.68. The second kappa shape index (κ2) is 10.4. The fourth-order valence-corrected chi connectivity index (χ4v) is 7.23. The second-order valence-electron chi connectivity index (χ2n) is 10.2. The number of benzene rings is 1. The van der Waals surface area contributed by atoms with Gasteiger partial charge in [-0.1, -0.05) is 37.5 Å². The van der Waals surface area contributed by atoms with E-state index in [1.165, 1.54) is 29.0 Å². The smallest absolute Gasteiger partial charge is 0.299 e. The summed E-state index contributed by atoms with van der Waals surface area (Å²) in [6.45, 7) is 4.40. The van der Waals surface area contributed by atoms with E-state index in [0.717, 1.165) is 25.7 Å². The summed E-state index contributed by atoms with van der Waals surface area (Å²) in [6, 6.07) is 7.33. The minimum Gasteiger partial charge on any atom is -0.506 e. The zero-order valence-electron chi connectivity index (χ0n) is 21.6. The predicted molar refractivity (Wildman–Crippen MR) is 153 cm³/mol. The molecule has 0 amide bonds. The number of aromatic hydroxyl groups is 1. The molecule has 0 saturated heterocycles. The lowest BCUT2D eigenvalue weighted by Gasteiger charge is -2.34. The van der Waals surface area contributed by atoms with Gasteiger partial charge in [0.1, 0.15) is 21.9 Å². The molecule has 1 fully saturated rings. The SMILES string of the molecule is CC(C)CCn1c(=O)c(C2=NS(O)(O)c3cc(NS(=O)(=O)NC4CCCC4)ccc3N2)c(O)c2cccnc21. The first-order chi connectivity index (χ1) is 18.4. The number of anilines is 2. The number of nitrogens with one attached hydrogen (secondary N) is 3. The van der Waals surface area contributed by atoms with Gasteiger partial charge in [0, 0.05) is 18.8 Å². The average molecular weight is 577 g/mol. The molecular formula is C25H32N6O6S2. The molecule has 0 spiro atoms. The molecule has 14 heteroatoms. The van der Waals surface area contributed by atoms with E-state index in [2.05, 4.69) is 24.1 Å². The largest absolute Gasteiger partial charge is 0.506 e. The third-order valence-corrected chi connectivity index (χ3v) is 9.35. The van der Waals surface area contributed by atoms with Gasteiger partial charge < -0.3 is 10.4 Å². The fraction of sp³-hybridized carbons (Fsp3) is 0.400. The highest BCUT2D eigenvalue weighted by molar-refractivity contribution is 8.23. The van der Waals surface area contributed by atoms with E-state index in [9.17, 15) is 27.4 Å². The summed E-state index contributed by atoms with van der Waals surface area (Å²) in [5.74, 6) is -0.279. The Morgan fingerprint density at radius 2 is 1.95 bits per heavy atom. The number of aryl methyl sites for hydroxylation is 1. The molecule has 39 heavy (non-hydrogen) atoms. The first kappa shape index (κ1) is 27.4. The van der Waals surface area contributed by atoms with E-state index in [4.69, 9.17) is 0 Å². The van der Waals surface area contributed by atoms with Crippen molar-refractivity contribution in [2.75, 3.05) is 10.0 Å². The molecule has 1 saturated carbocycles. The maximum atomic E-state index is 13.6. The van der Waals surface area contributed by atoms with Crippen molar-refractivity contribution < 1.29 is 22.6 Å². The molecule has 0 unspecified atom stereocenters. The zero-order valence-corrected chi connectivity index (χ0v) is 23.2. The number of rotatable bonds is 8. The molecule has 0 bridgehead atoms.